The predicted octanol–water partition coefficient (Wildman–Crippen LogP) is 0.391. The van der Waals surface area contributed by atoms with E-state index in [9.17, 15) is 44.1 Å². The zero-order valence-electron chi connectivity index (χ0n) is 23.4. The molecule has 1 radical (unpaired) electrons. The number of ketones is 3. The standard InChI is InChI=1S/3C8H14O3.C2H6O.Zr/c3*1-3-5-7(9)6(4-2)8(10)11;1-2-3;/h3*6H,3-5H2,1-2H3,(H,10,11);3H,2H2,1H3;/q;;;;+3/p-3. The molecule has 0 aromatic carbocycles. The van der Waals surface area contributed by atoms with Gasteiger partial charge >= 0.3 is 26.2 Å². The number of rotatable bonds is 15. The molecule has 1 N–H and O–H groups in total. The molecule has 0 heterocycles. The maximum atomic E-state index is 11.0. The van der Waals surface area contributed by atoms with Crippen LogP contribution in [-0.4, -0.2) is 47.0 Å². The third kappa shape index (κ3) is 25.7. The van der Waals surface area contributed by atoms with Crippen LogP contribution in [0.25, 0.3) is 0 Å². The van der Waals surface area contributed by atoms with E-state index in [-0.39, 0.29) is 50.2 Å². The monoisotopic (exact) mass is 607 g/mol. The molecule has 0 spiro atoms. The van der Waals surface area contributed by atoms with Crippen molar-refractivity contribution >= 4 is 35.3 Å². The van der Waals surface area contributed by atoms with Crippen molar-refractivity contribution in [2.24, 2.45) is 17.8 Å². The Morgan fingerprint density at radius 3 is 0.757 bits per heavy atom. The van der Waals surface area contributed by atoms with Crippen molar-refractivity contribution in [2.75, 3.05) is 6.61 Å². The van der Waals surface area contributed by atoms with Crippen LogP contribution >= 0.6 is 0 Å². The van der Waals surface area contributed by atoms with Crippen LogP contribution in [0.1, 0.15) is 106 Å². The molecule has 3 unspecified atom stereocenters. The van der Waals surface area contributed by atoms with Gasteiger partial charge in [0, 0.05) is 25.9 Å². The van der Waals surface area contributed by atoms with E-state index in [4.69, 9.17) is 5.11 Å². The third-order valence-corrected chi connectivity index (χ3v) is 4.73. The van der Waals surface area contributed by atoms with Gasteiger partial charge in [-0.15, -0.1) is 0 Å². The molecule has 0 bridgehead atoms. The molecule has 213 valence electrons. The van der Waals surface area contributed by atoms with Gasteiger partial charge in [0.2, 0.25) is 0 Å². The maximum Gasteiger partial charge on any atom is 3.00 e. The van der Waals surface area contributed by atoms with Crippen molar-refractivity contribution in [3.8, 4) is 0 Å². The number of hydrogen-bond acceptors (Lipinski definition) is 10. The van der Waals surface area contributed by atoms with Gasteiger partial charge in [0.15, 0.2) is 0 Å². The summed E-state index contributed by atoms with van der Waals surface area (Å²) in [4.78, 5) is 63.9. The minimum absolute atomic E-state index is 0. The molecule has 0 aromatic heterocycles. The van der Waals surface area contributed by atoms with E-state index in [1.807, 2.05) is 20.8 Å². The molecule has 0 aromatic rings. The first-order valence-electron chi connectivity index (χ1n) is 12.6. The summed E-state index contributed by atoms with van der Waals surface area (Å²) in [5.41, 5.74) is 0. The third-order valence-electron chi connectivity index (χ3n) is 4.73. The van der Waals surface area contributed by atoms with Crippen LogP contribution in [0, 0.1) is 17.8 Å². The van der Waals surface area contributed by atoms with Gasteiger partial charge in [-0.05, 0) is 45.4 Å². The van der Waals surface area contributed by atoms with Crippen LogP contribution in [0.3, 0.4) is 0 Å². The SMILES string of the molecule is CCCC(=O)C(CC)C(=O)[O-].CCCC(=O)C(CC)C(=O)[O-].CCCC(=O)C(CC)C(=O)[O-].CCO.[Zr+3]. The molecular formula is C26H45O10Zr. The van der Waals surface area contributed by atoms with Gasteiger partial charge in [-0.2, -0.15) is 0 Å². The predicted molar refractivity (Wildman–Crippen MR) is 129 cm³/mol. The summed E-state index contributed by atoms with van der Waals surface area (Å²) in [6.45, 7) is 12.5. The Morgan fingerprint density at radius 1 is 0.514 bits per heavy atom. The average Bonchev–Trinajstić information content (AvgIpc) is 2.76. The van der Waals surface area contributed by atoms with Gasteiger partial charge in [0.1, 0.15) is 17.3 Å². The molecule has 0 rings (SSSR count). The Balaban J connectivity index is -0.000000129. The van der Waals surface area contributed by atoms with Crippen molar-refractivity contribution in [2.45, 2.75) is 106 Å². The number of aliphatic carboxylic acids is 3. The summed E-state index contributed by atoms with van der Waals surface area (Å²) in [5.74, 6) is -7.05. The number of Topliss-reactive ketones (excluding diaryl/α,β-unsaturated/α-hetero) is 3. The number of aliphatic hydroxyl groups is 1. The summed E-state index contributed by atoms with van der Waals surface area (Å²) in [7, 11) is 0. The minimum atomic E-state index is -1.24. The zero-order chi connectivity index (χ0) is 29.3. The smallest absolute Gasteiger partial charge is 0.549 e. The second-order valence-corrected chi connectivity index (χ2v) is 7.80. The van der Waals surface area contributed by atoms with E-state index < -0.39 is 35.7 Å². The summed E-state index contributed by atoms with van der Waals surface area (Å²) < 4.78 is 0. The van der Waals surface area contributed by atoms with E-state index in [2.05, 4.69) is 0 Å². The fraction of sp³-hybridized carbons (Fsp3) is 0.769. The van der Waals surface area contributed by atoms with Crippen LogP contribution in [0.2, 0.25) is 0 Å². The first kappa shape index (κ1) is 45.2. The molecule has 0 fully saturated rings. The van der Waals surface area contributed by atoms with Crippen LogP contribution in [0.4, 0.5) is 0 Å². The molecular weight excluding hydrogens is 564 g/mol. The molecule has 11 heteroatoms. The first-order valence-corrected chi connectivity index (χ1v) is 12.6. The van der Waals surface area contributed by atoms with Gasteiger partial charge in [-0.3, -0.25) is 14.4 Å². The van der Waals surface area contributed by atoms with Gasteiger partial charge < -0.3 is 34.8 Å². The van der Waals surface area contributed by atoms with Crippen molar-refractivity contribution in [3.63, 3.8) is 0 Å². The Labute approximate surface area is 240 Å². The number of carboxylic acids is 3. The summed E-state index contributed by atoms with van der Waals surface area (Å²) in [6, 6.07) is 0. The van der Waals surface area contributed by atoms with Gasteiger partial charge in [0.05, 0.1) is 35.7 Å². The van der Waals surface area contributed by atoms with Crippen LogP contribution in [0.15, 0.2) is 0 Å². The quantitative estimate of drug-likeness (QED) is 0.254. The number of hydrogen-bond donors (Lipinski definition) is 1. The molecule has 10 nitrogen and oxygen atoms in total. The Bertz CT molecular complexity index is 564. The van der Waals surface area contributed by atoms with Gasteiger partial charge in [-0.25, -0.2) is 0 Å². The molecule has 0 aliphatic heterocycles. The largest absolute Gasteiger partial charge is 3.00 e. The van der Waals surface area contributed by atoms with Crippen molar-refractivity contribution in [1.29, 1.82) is 0 Å². The van der Waals surface area contributed by atoms with E-state index in [1.54, 1.807) is 27.7 Å². The summed E-state index contributed by atoms with van der Waals surface area (Å²) in [6.07, 6.45) is 4.11. The van der Waals surface area contributed by atoms with Crippen LogP contribution in [-0.2, 0) is 55.0 Å². The van der Waals surface area contributed by atoms with Crippen molar-refractivity contribution in [3.05, 3.63) is 0 Å². The number of carboxylic acid groups (broad SMARTS) is 3. The molecule has 37 heavy (non-hydrogen) atoms. The zero-order valence-corrected chi connectivity index (χ0v) is 25.9. The first-order chi connectivity index (χ1) is 16.8. The molecule has 0 saturated carbocycles. The number of aliphatic hydroxyl groups excluding tert-OH is 1. The van der Waals surface area contributed by atoms with Gasteiger partial charge in [-0.1, -0.05) is 41.5 Å². The molecule has 0 amide bonds. The Morgan fingerprint density at radius 2 is 0.676 bits per heavy atom. The average molecular weight is 609 g/mol. The minimum Gasteiger partial charge on any atom is -0.549 e. The number of carbonyl (C=O) groups is 6. The molecule has 3 atom stereocenters. The van der Waals surface area contributed by atoms with E-state index >= 15 is 0 Å². The summed E-state index contributed by atoms with van der Waals surface area (Å²) >= 11 is 0. The van der Waals surface area contributed by atoms with E-state index in [0.717, 1.165) is 0 Å². The molecule has 0 aliphatic carbocycles. The molecule has 0 saturated heterocycles. The number of carbonyl (C=O) groups excluding carboxylic acids is 6. The van der Waals surface area contributed by atoms with Crippen LogP contribution < -0.4 is 15.3 Å². The fourth-order valence-corrected chi connectivity index (χ4v) is 2.84. The Kier molecular flexibility index (Phi) is 37.2. The normalized spacial score (nSPS) is 11.7. The van der Waals surface area contributed by atoms with Crippen molar-refractivity contribution < 1.29 is 75.4 Å². The second-order valence-electron chi connectivity index (χ2n) is 7.80. The van der Waals surface area contributed by atoms with Crippen LogP contribution in [0.5, 0.6) is 0 Å². The fourth-order valence-electron chi connectivity index (χ4n) is 2.84. The summed E-state index contributed by atoms with van der Waals surface area (Å²) in [5, 5.41) is 38.5. The topological polar surface area (TPSA) is 192 Å². The van der Waals surface area contributed by atoms with E-state index in [1.165, 1.54) is 0 Å². The second kappa shape index (κ2) is 30.5. The maximum absolute atomic E-state index is 11.0. The van der Waals surface area contributed by atoms with E-state index in [0.29, 0.717) is 57.8 Å². The Hall–Kier alpha value is -1.74. The molecule has 0 aliphatic rings. The van der Waals surface area contributed by atoms with Crippen molar-refractivity contribution in [1.82, 2.24) is 0 Å². The van der Waals surface area contributed by atoms with Gasteiger partial charge in [0.25, 0.3) is 0 Å².